The van der Waals surface area contributed by atoms with E-state index in [4.69, 9.17) is 4.42 Å². The van der Waals surface area contributed by atoms with E-state index in [2.05, 4.69) is 50.4 Å². The molecule has 3 rings (SSSR count). The van der Waals surface area contributed by atoms with Crippen molar-refractivity contribution in [2.75, 3.05) is 5.75 Å². The summed E-state index contributed by atoms with van der Waals surface area (Å²) in [7, 11) is 0. The van der Waals surface area contributed by atoms with Gasteiger partial charge in [-0.1, -0.05) is 76.2 Å². The molecule has 1 heterocycles. The van der Waals surface area contributed by atoms with Gasteiger partial charge in [-0.2, -0.15) is 0 Å². The lowest BCUT2D eigenvalue weighted by molar-refractivity contribution is 0.466. The van der Waals surface area contributed by atoms with Crippen LogP contribution in [0, 0.1) is 0 Å². The van der Waals surface area contributed by atoms with Gasteiger partial charge in [0.1, 0.15) is 0 Å². The molecule has 5 heteroatoms. The second-order valence-electron chi connectivity index (χ2n) is 4.51. The third-order valence-corrected chi connectivity index (χ3v) is 4.16. The molecule has 110 valence electrons. The Labute approximate surface area is 141 Å². The van der Waals surface area contributed by atoms with Gasteiger partial charge in [0, 0.05) is 15.8 Å². The Hall–Kier alpha value is -1.85. The zero-order valence-corrected chi connectivity index (χ0v) is 14.0. The molecule has 0 amide bonds. The number of halogens is 1. The predicted molar refractivity (Wildman–Crippen MR) is 93.6 cm³/mol. The lowest BCUT2D eigenvalue weighted by atomic mass is 10.2. The largest absolute Gasteiger partial charge is 0.411 e. The molecule has 0 spiro atoms. The van der Waals surface area contributed by atoms with E-state index in [1.165, 1.54) is 17.3 Å². The van der Waals surface area contributed by atoms with Gasteiger partial charge in [-0.3, -0.25) is 0 Å². The van der Waals surface area contributed by atoms with E-state index in [9.17, 15) is 0 Å². The van der Waals surface area contributed by atoms with Crippen molar-refractivity contribution in [3.8, 4) is 11.5 Å². The fourth-order valence-electron chi connectivity index (χ4n) is 1.87. The van der Waals surface area contributed by atoms with Crippen molar-refractivity contribution in [1.29, 1.82) is 0 Å². The van der Waals surface area contributed by atoms with Crippen LogP contribution in [0.15, 0.2) is 74.8 Å². The van der Waals surface area contributed by atoms with Gasteiger partial charge in [0.2, 0.25) is 5.89 Å². The molecule has 0 aliphatic heterocycles. The molecule has 0 radical (unpaired) electrons. The van der Waals surface area contributed by atoms with Crippen LogP contribution < -0.4 is 0 Å². The first-order chi connectivity index (χ1) is 10.8. The van der Waals surface area contributed by atoms with Crippen LogP contribution in [-0.4, -0.2) is 16.0 Å². The molecule has 0 saturated carbocycles. The smallest absolute Gasteiger partial charge is 0.277 e. The molecule has 22 heavy (non-hydrogen) atoms. The number of nitrogens with zero attached hydrogens (tertiary/aromatic N) is 2. The van der Waals surface area contributed by atoms with E-state index in [1.54, 1.807) is 0 Å². The minimum atomic E-state index is 0.538. The highest BCUT2D eigenvalue weighted by molar-refractivity contribution is 9.10. The number of hydrogen-bond acceptors (Lipinski definition) is 4. The van der Waals surface area contributed by atoms with Gasteiger partial charge in [-0.05, 0) is 23.8 Å². The Morgan fingerprint density at radius 3 is 2.73 bits per heavy atom. The Kier molecular flexibility index (Phi) is 5.08. The monoisotopic (exact) mass is 372 g/mol. The third-order valence-electron chi connectivity index (χ3n) is 2.89. The van der Waals surface area contributed by atoms with Crippen molar-refractivity contribution in [2.24, 2.45) is 0 Å². The van der Waals surface area contributed by atoms with Crippen LogP contribution in [0.3, 0.4) is 0 Å². The maximum Gasteiger partial charge on any atom is 0.277 e. The van der Waals surface area contributed by atoms with Crippen molar-refractivity contribution >= 4 is 33.8 Å². The molecule has 0 aliphatic rings. The maximum absolute atomic E-state index is 5.66. The van der Waals surface area contributed by atoms with Crippen LogP contribution in [0.4, 0.5) is 0 Å². The van der Waals surface area contributed by atoms with E-state index >= 15 is 0 Å². The van der Waals surface area contributed by atoms with Gasteiger partial charge in [-0.15, -0.1) is 10.2 Å². The minimum Gasteiger partial charge on any atom is -0.411 e. The number of hydrogen-bond donors (Lipinski definition) is 0. The highest BCUT2D eigenvalue weighted by Gasteiger charge is 2.08. The van der Waals surface area contributed by atoms with Crippen LogP contribution in [0.2, 0.25) is 0 Å². The van der Waals surface area contributed by atoms with Crippen LogP contribution in [0.5, 0.6) is 0 Å². The van der Waals surface area contributed by atoms with Gasteiger partial charge in [0.25, 0.3) is 5.22 Å². The normalized spacial score (nSPS) is 11.1. The van der Waals surface area contributed by atoms with Crippen molar-refractivity contribution in [3.63, 3.8) is 0 Å². The first kappa shape index (κ1) is 15.1. The van der Waals surface area contributed by atoms with E-state index in [0.717, 1.165) is 15.8 Å². The van der Waals surface area contributed by atoms with Crippen LogP contribution in [0.1, 0.15) is 5.56 Å². The molecule has 3 nitrogen and oxygen atoms in total. The predicted octanol–water partition coefficient (Wildman–Crippen LogP) is 5.30. The molecule has 0 atom stereocenters. The number of rotatable bonds is 5. The Balaban J connectivity index is 1.59. The number of aromatic nitrogens is 2. The minimum absolute atomic E-state index is 0.538. The molecule has 0 bridgehead atoms. The fraction of sp³-hybridized carbons (Fsp3) is 0.0588. The summed E-state index contributed by atoms with van der Waals surface area (Å²) in [4.78, 5) is 0. The summed E-state index contributed by atoms with van der Waals surface area (Å²) < 4.78 is 6.65. The summed E-state index contributed by atoms with van der Waals surface area (Å²) in [6.45, 7) is 0. The average molecular weight is 373 g/mol. The Morgan fingerprint density at radius 1 is 1.05 bits per heavy atom. The molecule has 0 fully saturated rings. The summed E-state index contributed by atoms with van der Waals surface area (Å²) in [5.41, 5.74) is 2.09. The highest BCUT2D eigenvalue weighted by Crippen LogP contribution is 2.25. The fourth-order valence-corrected chi connectivity index (χ4v) is 2.84. The number of benzene rings is 2. The molecule has 3 aromatic rings. The third kappa shape index (κ3) is 4.08. The van der Waals surface area contributed by atoms with E-state index in [0.29, 0.717) is 11.1 Å². The quantitative estimate of drug-likeness (QED) is 0.569. The topological polar surface area (TPSA) is 38.9 Å². The zero-order valence-electron chi connectivity index (χ0n) is 11.6. The Morgan fingerprint density at radius 2 is 1.91 bits per heavy atom. The van der Waals surface area contributed by atoms with E-state index in [-0.39, 0.29) is 0 Å². The van der Waals surface area contributed by atoms with Gasteiger partial charge in [0.15, 0.2) is 0 Å². The first-order valence-electron chi connectivity index (χ1n) is 6.75. The summed E-state index contributed by atoms with van der Waals surface area (Å²) >= 11 is 4.96. The molecule has 2 aromatic carbocycles. The summed E-state index contributed by atoms with van der Waals surface area (Å²) in [5.74, 6) is 1.32. The Bertz CT molecular complexity index is 771. The van der Waals surface area contributed by atoms with Crippen LogP contribution >= 0.6 is 27.7 Å². The lowest BCUT2D eigenvalue weighted by Gasteiger charge is -1.95. The average Bonchev–Trinajstić information content (AvgIpc) is 3.02. The molecule has 0 aliphatic carbocycles. The van der Waals surface area contributed by atoms with Gasteiger partial charge >= 0.3 is 0 Å². The molecule has 0 saturated heterocycles. The van der Waals surface area contributed by atoms with Gasteiger partial charge in [-0.25, -0.2) is 0 Å². The highest BCUT2D eigenvalue weighted by atomic mass is 79.9. The molecule has 1 aromatic heterocycles. The van der Waals surface area contributed by atoms with Crippen molar-refractivity contribution in [3.05, 3.63) is 70.7 Å². The lowest BCUT2D eigenvalue weighted by Crippen LogP contribution is -1.77. The zero-order chi connectivity index (χ0) is 15.2. The summed E-state index contributed by atoms with van der Waals surface area (Å²) in [5, 5.41) is 8.72. The summed E-state index contributed by atoms with van der Waals surface area (Å²) in [6, 6.07) is 18.0. The maximum atomic E-state index is 5.66. The molecular formula is C17H13BrN2OS. The molecular weight excluding hydrogens is 360 g/mol. The van der Waals surface area contributed by atoms with Gasteiger partial charge in [0.05, 0.1) is 0 Å². The summed E-state index contributed by atoms with van der Waals surface area (Å²) in [6.07, 6.45) is 4.17. The van der Waals surface area contributed by atoms with E-state index in [1.807, 2.05) is 42.5 Å². The standard InChI is InChI=1S/C17H13BrN2OS/c18-15-10-4-9-14(12-15)16-19-20-17(21-16)22-11-5-8-13-6-2-1-3-7-13/h1-10,12H,11H2. The van der Waals surface area contributed by atoms with Gasteiger partial charge < -0.3 is 4.42 Å². The number of thioether (sulfide) groups is 1. The molecule has 0 N–H and O–H groups in total. The van der Waals surface area contributed by atoms with Crippen molar-refractivity contribution in [1.82, 2.24) is 10.2 Å². The first-order valence-corrected chi connectivity index (χ1v) is 8.53. The van der Waals surface area contributed by atoms with E-state index < -0.39 is 0 Å². The SMILES string of the molecule is Brc1cccc(-c2nnc(SCC=Cc3ccccc3)o2)c1. The van der Waals surface area contributed by atoms with Crippen LogP contribution in [0.25, 0.3) is 17.5 Å². The second kappa shape index (κ2) is 7.42. The van der Waals surface area contributed by atoms with Crippen molar-refractivity contribution < 1.29 is 4.42 Å². The van der Waals surface area contributed by atoms with Crippen LogP contribution in [-0.2, 0) is 0 Å². The molecule has 0 unspecified atom stereocenters. The second-order valence-corrected chi connectivity index (χ2v) is 6.39. The van der Waals surface area contributed by atoms with Crippen molar-refractivity contribution in [2.45, 2.75) is 5.22 Å².